The van der Waals surface area contributed by atoms with Crippen LogP contribution in [0.2, 0.25) is 0 Å². The topological polar surface area (TPSA) is 80.4 Å². The van der Waals surface area contributed by atoms with Gasteiger partial charge in [0.2, 0.25) is 0 Å². The van der Waals surface area contributed by atoms with Gasteiger partial charge in [0.15, 0.2) is 0 Å². The molecule has 4 aromatic rings. The molecule has 2 aromatic heterocycles. The molecule has 0 radical (unpaired) electrons. The molecule has 194 valence electrons. The molecule has 3 heterocycles. The Morgan fingerprint density at radius 2 is 1.82 bits per heavy atom. The molecule has 1 saturated heterocycles. The molecule has 2 aromatic carbocycles. The van der Waals surface area contributed by atoms with Crippen molar-refractivity contribution in [2.75, 3.05) is 19.7 Å². The third-order valence-corrected chi connectivity index (χ3v) is 6.59. The minimum Gasteiger partial charge on any atom is -0.444 e. The number of morpholine rings is 1. The quantitative estimate of drug-likeness (QED) is 0.329. The molecule has 5 rings (SSSR count). The monoisotopic (exact) mass is 508 g/mol. The van der Waals surface area contributed by atoms with E-state index in [4.69, 9.17) is 14.5 Å². The number of fused-ring (bicyclic) bond motifs is 1. The van der Waals surface area contributed by atoms with Gasteiger partial charge in [-0.3, -0.25) is 0 Å². The number of pyridine rings is 1. The molecule has 0 N–H and O–H groups in total. The fourth-order valence-corrected chi connectivity index (χ4v) is 4.69. The maximum absolute atomic E-state index is 12.6. The Balaban J connectivity index is 1.48. The molecule has 7 heteroatoms. The maximum atomic E-state index is 12.6. The molecule has 1 unspecified atom stereocenters. The number of nitriles is 1. The van der Waals surface area contributed by atoms with E-state index in [9.17, 15) is 10.1 Å². The van der Waals surface area contributed by atoms with Crippen molar-refractivity contribution in [2.24, 2.45) is 0 Å². The summed E-state index contributed by atoms with van der Waals surface area (Å²) in [5, 5.41) is 9.26. The first kappa shape index (κ1) is 25.5. The SMILES string of the molecule is Cc1ccc(-c2nc3ccn(CC4CN(C(=O)OC(C)(C)C)CCO4)c3cc2-c2ccc(C#N)cc2)cc1. The average Bonchev–Trinajstić information content (AvgIpc) is 3.29. The molecule has 38 heavy (non-hydrogen) atoms. The van der Waals surface area contributed by atoms with Crippen molar-refractivity contribution in [3.63, 3.8) is 0 Å². The first-order valence-corrected chi connectivity index (χ1v) is 12.9. The van der Waals surface area contributed by atoms with E-state index in [-0.39, 0.29) is 12.2 Å². The second-order valence-electron chi connectivity index (χ2n) is 10.7. The van der Waals surface area contributed by atoms with E-state index in [2.05, 4.69) is 47.9 Å². The average molecular weight is 509 g/mol. The summed E-state index contributed by atoms with van der Waals surface area (Å²) in [5.74, 6) is 0. The van der Waals surface area contributed by atoms with Crippen molar-refractivity contribution in [1.82, 2.24) is 14.5 Å². The second-order valence-corrected chi connectivity index (χ2v) is 10.7. The number of rotatable bonds is 4. The van der Waals surface area contributed by atoms with Crippen LogP contribution in [0.5, 0.6) is 0 Å². The van der Waals surface area contributed by atoms with Crippen LogP contribution in [0.25, 0.3) is 33.4 Å². The number of hydrogen-bond donors (Lipinski definition) is 0. The Labute approximate surface area is 223 Å². The first-order chi connectivity index (χ1) is 18.2. The molecule has 7 nitrogen and oxygen atoms in total. The van der Waals surface area contributed by atoms with Gasteiger partial charge in [-0.2, -0.15) is 5.26 Å². The number of nitrogens with zero attached hydrogens (tertiary/aromatic N) is 4. The zero-order valence-electron chi connectivity index (χ0n) is 22.3. The van der Waals surface area contributed by atoms with Crippen LogP contribution in [0.3, 0.4) is 0 Å². The predicted octanol–water partition coefficient (Wildman–Crippen LogP) is 6.19. The lowest BCUT2D eigenvalue weighted by atomic mass is 9.97. The second kappa shape index (κ2) is 10.3. The van der Waals surface area contributed by atoms with E-state index in [1.807, 2.05) is 57.3 Å². The zero-order chi connectivity index (χ0) is 26.9. The van der Waals surface area contributed by atoms with Crippen LogP contribution in [-0.4, -0.2) is 51.9 Å². The third-order valence-electron chi connectivity index (χ3n) is 6.59. The first-order valence-electron chi connectivity index (χ1n) is 12.9. The summed E-state index contributed by atoms with van der Waals surface area (Å²) in [6.07, 6.45) is 1.55. The van der Waals surface area contributed by atoms with Crippen LogP contribution in [-0.2, 0) is 16.0 Å². The molecule has 1 aliphatic rings. The van der Waals surface area contributed by atoms with Gasteiger partial charge in [0.1, 0.15) is 5.60 Å². The van der Waals surface area contributed by atoms with Crippen LogP contribution in [0.4, 0.5) is 4.79 Å². The van der Waals surface area contributed by atoms with Gasteiger partial charge in [0, 0.05) is 23.9 Å². The summed E-state index contributed by atoms with van der Waals surface area (Å²) in [6.45, 7) is 9.72. The van der Waals surface area contributed by atoms with Crippen LogP contribution in [0.1, 0.15) is 31.9 Å². The predicted molar refractivity (Wildman–Crippen MR) is 148 cm³/mol. The Kier molecular flexibility index (Phi) is 6.92. The van der Waals surface area contributed by atoms with Crippen molar-refractivity contribution in [3.8, 4) is 28.5 Å². The molecule has 0 aliphatic carbocycles. The molecule has 1 amide bonds. The number of benzene rings is 2. The van der Waals surface area contributed by atoms with Crippen LogP contribution in [0.15, 0.2) is 66.9 Å². The lowest BCUT2D eigenvalue weighted by Gasteiger charge is -2.34. The van der Waals surface area contributed by atoms with Crippen LogP contribution >= 0.6 is 0 Å². The van der Waals surface area contributed by atoms with Crippen LogP contribution < -0.4 is 0 Å². The highest BCUT2D eigenvalue weighted by Gasteiger charge is 2.28. The van der Waals surface area contributed by atoms with Gasteiger partial charge in [-0.1, -0.05) is 42.0 Å². The summed E-state index contributed by atoms with van der Waals surface area (Å²) >= 11 is 0. The lowest BCUT2D eigenvalue weighted by molar-refractivity contribution is -0.0469. The fraction of sp³-hybridized carbons (Fsp3) is 0.323. The van der Waals surface area contributed by atoms with E-state index in [1.165, 1.54) is 5.56 Å². The van der Waals surface area contributed by atoms with E-state index in [0.717, 1.165) is 33.4 Å². The van der Waals surface area contributed by atoms with Crippen molar-refractivity contribution < 1.29 is 14.3 Å². The Bertz CT molecular complexity index is 1490. The molecule has 0 bridgehead atoms. The summed E-state index contributed by atoms with van der Waals surface area (Å²) in [6, 6.07) is 22.3. The minimum atomic E-state index is -0.538. The summed E-state index contributed by atoms with van der Waals surface area (Å²) in [7, 11) is 0. The van der Waals surface area contributed by atoms with Gasteiger partial charge < -0.3 is 18.9 Å². The highest BCUT2D eigenvalue weighted by Crippen LogP contribution is 2.34. The largest absolute Gasteiger partial charge is 0.444 e. The van der Waals surface area contributed by atoms with E-state index >= 15 is 0 Å². The van der Waals surface area contributed by atoms with Crippen molar-refractivity contribution in [2.45, 2.75) is 45.9 Å². The Hall–Kier alpha value is -4.15. The number of ether oxygens (including phenoxy) is 2. The van der Waals surface area contributed by atoms with E-state index in [1.54, 1.807) is 4.90 Å². The summed E-state index contributed by atoms with van der Waals surface area (Å²) < 4.78 is 13.7. The van der Waals surface area contributed by atoms with Gasteiger partial charge in [-0.05, 0) is 57.5 Å². The standard InChI is InChI=1S/C31H32N4O3/c1-21-5-9-24(10-6-21)29-26(23-11-7-22(18-32)8-12-23)17-28-27(33-29)13-14-34(28)19-25-20-35(15-16-37-25)30(36)38-31(2,3)4/h5-14,17,25H,15-16,19-20H2,1-4H3. The number of aryl methyl sites for hydroxylation is 1. The maximum Gasteiger partial charge on any atom is 0.410 e. The van der Waals surface area contributed by atoms with Crippen molar-refractivity contribution in [1.29, 1.82) is 5.26 Å². The number of carbonyl (C=O) groups is 1. The Morgan fingerprint density at radius 1 is 1.11 bits per heavy atom. The molecule has 0 saturated carbocycles. The summed E-state index contributed by atoms with van der Waals surface area (Å²) in [4.78, 5) is 19.4. The van der Waals surface area contributed by atoms with Gasteiger partial charge in [0.25, 0.3) is 0 Å². The van der Waals surface area contributed by atoms with E-state index in [0.29, 0.717) is 31.8 Å². The fourth-order valence-electron chi connectivity index (χ4n) is 4.69. The minimum absolute atomic E-state index is 0.165. The van der Waals surface area contributed by atoms with Gasteiger partial charge >= 0.3 is 6.09 Å². The van der Waals surface area contributed by atoms with Gasteiger partial charge in [0.05, 0.1) is 54.2 Å². The number of amides is 1. The molecular formula is C31H32N4O3. The third kappa shape index (κ3) is 5.56. The summed E-state index contributed by atoms with van der Waals surface area (Å²) in [5.41, 5.74) is 7.05. The van der Waals surface area contributed by atoms with Crippen LogP contribution in [0, 0.1) is 18.3 Å². The van der Waals surface area contributed by atoms with Crippen molar-refractivity contribution in [3.05, 3.63) is 78.0 Å². The molecule has 1 aliphatic heterocycles. The molecule has 0 spiro atoms. The Morgan fingerprint density at radius 3 is 2.50 bits per heavy atom. The number of carbonyl (C=O) groups excluding carboxylic acids is 1. The zero-order valence-corrected chi connectivity index (χ0v) is 22.3. The van der Waals surface area contributed by atoms with Gasteiger partial charge in [-0.25, -0.2) is 9.78 Å². The lowest BCUT2D eigenvalue weighted by Crippen LogP contribution is -2.48. The highest BCUT2D eigenvalue weighted by atomic mass is 16.6. The molecule has 1 fully saturated rings. The number of hydrogen-bond acceptors (Lipinski definition) is 5. The smallest absolute Gasteiger partial charge is 0.410 e. The van der Waals surface area contributed by atoms with Gasteiger partial charge in [-0.15, -0.1) is 0 Å². The highest BCUT2D eigenvalue weighted by molar-refractivity contribution is 5.90. The van der Waals surface area contributed by atoms with Crippen molar-refractivity contribution >= 4 is 17.1 Å². The normalized spacial score (nSPS) is 15.9. The molecule has 1 atom stereocenters. The van der Waals surface area contributed by atoms with E-state index < -0.39 is 5.60 Å². The number of aromatic nitrogens is 2. The molecular weight excluding hydrogens is 476 g/mol.